The van der Waals surface area contributed by atoms with Crippen molar-refractivity contribution >= 4 is 0 Å². The van der Waals surface area contributed by atoms with E-state index in [2.05, 4.69) is 6.58 Å². The normalized spacial score (nSPS) is 25.8. The van der Waals surface area contributed by atoms with E-state index >= 15 is 4.39 Å². The van der Waals surface area contributed by atoms with Crippen LogP contribution in [0.15, 0.2) is 36.9 Å². The predicted molar refractivity (Wildman–Crippen MR) is 99.0 cm³/mol. The molecular weight excluding hydrogens is 388 g/mol. The average molecular weight is 408 g/mol. The lowest BCUT2D eigenvalue weighted by atomic mass is 9.81. The third-order valence-electron chi connectivity index (χ3n) is 5.26. The van der Waals surface area contributed by atoms with E-state index in [0.29, 0.717) is 0 Å². The molecule has 2 unspecified atom stereocenters. The number of rotatable bonds is 4. The van der Waals surface area contributed by atoms with Gasteiger partial charge < -0.3 is 14.2 Å². The monoisotopic (exact) mass is 408 g/mol. The molecule has 2 aliphatic rings. The minimum atomic E-state index is -2.37. The number of benzene rings is 2. The standard InChI is InChI=1S/C22H20F4O3/c1-3-11-9-28-22(29-10-11)14-6-5-12-13-7-8-15(27-4-2)19(24)17(13)21(26)20(25)16(12)18(14)23/h3,5-8,11,20-22H,1,4,9-10H2,2H3. The molecule has 1 saturated heterocycles. The second-order valence-corrected chi connectivity index (χ2v) is 7.00. The lowest BCUT2D eigenvalue weighted by Gasteiger charge is -2.31. The van der Waals surface area contributed by atoms with Crippen LogP contribution in [0.4, 0.5) is 17.6 Å². The molecule has 0 saturated carbocycles. The van der Waals surface area contributed by atoms with Gasteiger partial charge in [-0.25, -0.2) is 17.6 Å². The van der Waals surface area contributed by atoms with Crippen molar-refractivity contribution in [2.75, 3.05) is 19.8 Å². The van der Waals surface area contributed by atoms with E-state index in [4.69, 9.17) is 14.2 Å². The second kappa shape index (κ2) is 7.80. The van der Waals surface area contributed by atoms with Crippen LogP contribution in [0.2, 0.25) is 0 Å². The molecule has 2 aromatic carbocycles. The van der Waals surface area contributed by atoms with Gasteiger partial charge in [0, 0.05) is 22.6 Å². The van der Waals surface area contributed by atoms with Gasteiger partial charge in [-0.1, -0.05) is 24.3 Å². The highest BCUT2D eigenvalue weighted by atomic mass is 19.2. The molecule has 0 bridgehead atoms. The van der Waals surface area contributed by atoms with Gasteiger partial charge in [0.2, 0.25) is 0 Å². The number of hydrogen-bond acceptors (Lipinski definition) is 3. The molecule has 1 aliphatic carbocycles. The van der Waals surface area contributed by atoms with Crippen molar-refractivity contribution in [1.82, 2.24) is 0 Å². The quantitative estimate of drug-likeness (QED) is 0.465. The van der Waals surface area contributed by atoms with Gasteiger partial charge in [0.15, 0.2) is 30.2 Å². The molecule has 4 rings (SSSR count). The molecule has 1 heterocycles. The van der Waals surface area contributed by atoms with Crippen molar-refractivity contribution in [3.8, 4) is 16.9 Å². The van der Waals surface area contributed by atoms with Gasteiger partial charge in [-0.15, -0.1) is 6.58 Å². The first kappa shape index (κ1) is 19.9. The van der Waals surface area contributed by atoms with Crippen LogP contribution >= 0.6 is 0 Å². The van der Waals surface area contributed by atoms with E-state index in [-0.39, 0.29) is 48.2 Å². The van der Waals surface area contributed by atoms with E-state index in [1.165, 1.54) is 24.3 Å². The van der Waals surface area contributed by atoms with Gasteiger partial charge in [0.1, 0.15) is 5.82 Å². The van der Waals surface area contributed by atoms with Gasteiger partial charge >= 0.3 is 0 Å². The Labute approximate surface area is 165 Å². The fourth-order valence-electron chi connectivity index (χ4n) is 3.77. The molecule has 0 amide bonds. The smallest absolute Gasteiger partial charge is 0.186 e. The number of hydrogen-bond donors (Lipinski definition) is 0. The summed E-state index contributed by atoms with van der Waals surface area (Å²) in [5.74, 6) is -2.10. The highest BCUT2D eigenvalue weighted by Gasteiger charge is 2.41. The fourth-order valence-corrected chi connectivity index (χ4v) is 3.77. The van der Waals surface area contributed by atoms with E-state index in [0.717, 1.165) is 0 Å². The van der Waals surface area contributed by atoms with E-state index in [1.54, 1.807) is 13.0 Å². The van der Waals surface area contributed by atoms with E-state index in [1.807, 2.05) is 0 Å². The molecule has 0 spiro atoms. The van der Waals surface area contributed by atoms with Crippen LogP contribution in [0, 0.1) is 17.6 Å². The molecule has 2 atom stereocenters. The van der Waals surface area contributed by atoms with Crippen LogP contribution in [0.25, 0.3) is 11.1 Å². The Kier molecular flexibility index (Phi) is 5.36. The molecule has 0 aromatic heterocycles. The maximum absolute atomic E-state index is 15.2. The third kappa shape index (κ3) is 3.22. The number of ether oxygens (including phenoxy) is 3. The van der Waals surface area contributed by atoms with Crippen molar-refractivity contribution in [3.63, 3.8) is 0 Å². The summed E-state index contributed by atoms with van der Waals surface area (Å²) in [5.41, 5.74) is -0.725. The molecule has 1 fully saturated rings. The molecule has 0 radical (unpaired) electrons. The van der Waals surface area contributed by atoms with Crippen molar-refractivity contribution in [3.05, 3.63) is 65.2 Å². The summed E-state index contributed by atoms with van der Waals surface area (Å²) in [7, 11) is 0. The van der Waals surface area contributed by atoms with Crippen LogP contribution in [0.1, 0.15) is 42.2 Å². The van der Waals surface area contributed by atoms with E-state index in [9.17, 15) is 13.2 Å². The molecule has 1 aliphatic heterocycles. The Morgan fingerprint density at radius 3 is 2.17 bits per heavy atom. The predicted octanol–water partition coefficient (Wildman–Crippen LogP) is 5.91. The van der Waals surface area contributed by atoms with E-state index < -0.39 is 41.4 Å². The molecular formula is C22H20F4O3. The van der Waals surface area contributed by atoms with Crippen molar-refractivity contribution in [1.29, 1.82) is 0 Å². The number of halogens is 4. The third-order valence-corrected chi connectivity index (χ3v) is 5.26. The summed E-state index contributed by atoms with van der Waals surface area (Å²) >= 11 is 0. The summed E-state index contributed by atoms with van der Waals surface area (Å²) in [5, 5.41) is 0. The zero-order chi connectivity index (χ0) is 20.7. The Balaban J connectivity index is 1.78. The Morgan fingerprint density at radius 1 is 1.00 bits per heavy atom. The second-order valence-electron chi connectivity index (χ2n) is 7.00. The van der Waals surface area contributed by atoms with Gasteiger partial charge in [0.05, 0.1) is 19.8 Å². The number of alkyl halides is 2. The SMILES string of the molecule is C=CC1COC(c2ccc3c(c2F)C(F)C(F)c2c-3ccc(OCC)c2F)OC1. The lowest BCUT2D eigenvalue weighted by Crippen LogP contribution is -2.27. The lowest BCUT2D eigenvalue weighted by molar-refractivity contribution is -0.198. The Bertz CT molecular complexity index is 938. The van der Waals surface area contributed by atoms with Crippen molar-refractivity contribution < 1.29 is 31.8 Å². The maximum Gasteiger partial charge on any atom is 0.186 e. The van der Waals surface area contributed by atoms with Gasteiger partial charge in [0.25, 0.3) is 0 Å². The summed E-state index contributed by atoms with van der Waals surface area (Å²) in [6.07, 6.45) is -4.08. The Hall–Kier alpha value is -2.38. The summed E-state index contributed by atoms with van der Waals surface area (Å²) in [6.45, 7) is 6.05. The number of fused-ring (bicyclic) bond motifs is 3. The van der Waals surface area contributed by atoms with Crippen LogP contribution < -0.4 is 4.74 Å². The molecule has 7 heteroatoms. The van der Waals surface area contributed by atoms with Crippen LogP contribution in [0.5, 0.6) is 5.75 Å². The van der Waals surface area contributed by atoms with Crippen molar-refractivity contribution in [2.45, 2.75) is 25.6 Å². The van der Waals surface area contributed by atoms with Gasteiger partial charge in [-0.2, -0.15) is 0 Å². The first-order chi connectivity index (χ1) is 14.0. The molecule has 0 N–H and O–H groups in total. The zero-order valence-electron chi connectivity index (χ0n) is 15.8. The molecule has 2 aromatic rings. The van der Waals surface area contributed by atoms with Gasteiger partial charge in [-0.3, -0.25) is 0 Å². The minimum absolute atomic E-state index is 0.0176. The summed E-state index contributed by atoms with van der Waals surface area (Å²) in [4.78, 5) is 0. The largest absolute Gasteiger partial charge is 0.491 e. The highest BCUT2D eigenvalue weighted by molar-refractivity contribution is 5.76. The van der Waals surface area contributed by atoms with Crippen LogP contribution in [-0.2, 0) is 9.47 Å². The molecule has 29 heavy (non-hydrogen) atoms. The maximum atomic E-state index is 15.2. The van der Waals surface area contributed by atoms with Crippen LogP contribution in [-0.4, -0.2) is 19.8 Å². The highest BCUT2D eigenvalue weighted by Crippen LogP contribution is 2.52. The van der Waals surface area contributed by atoms with Crippen LogP contribution in [0.3, 0.4) is 0 Å². The first-order valence-electron chi connectivity index (χ1n) is 9.39. The Morgan fingerprint density at radius 2 is 1.59 bits per heavy atom. The van der Waals surface area contributed by atoms with Crippen molar-refractivity contribution in [2.24, 2.45) is 5.92 Å². The molecule has 3 nitrogen and oxygen atoms in total. The van der Waals surface area contributed by atoms with Gasteiger partial charge in [-0.05, 0) is 24.1 Å². The zero-order valence-corrected chi connectivity index (χ0v) is 15.8. The average Bonchev–Trinajstić information content (AvgIpc) is 2.73. The summed E-state index contributed by atoms with van der Waals surface area (Å²) in [6, 6.07) is 5.59. The summed E-state index contributed by atoms with van der Waals surface area (Å²) < 4.78 is 75.9. The fraction of sp³-hybridized carbons (Fsp3) is 0.364. The first-order valence-corrected chi connectivity index (χ1v) is 9.39. The minimum Gasteiger partial charge on any atom is -0.491 e. The molecule has 154 valence electrons. The topological polar surface area (TPSA) is 27.7 Å².